The van der Waals surface area contributed by atoms with Gasteiger partial charge in [0.05, 0.1) is 17.2 Å². The molecule has 0 spiro atoms. The molecule has 0 saturated carbocycles. The number of piperidine rings is 1. The maximum absolute atomic E-state index is 12.8. The number of rotatable bonds is 5. The van der Waals surface area contributed by atoms with Crippen LogP contribution in [0, 0.1) is 0 Å². The minimum Gasteiger partial charge on any atom is -0.473 e. The van der Waals surface area contributed by atoms with Crippen LogP contribution in [-0.2, 0) is 0 Å². The number of fused-ring (bicyclic) bond motifs is 2. The van der Waals surface area contributed by atoms with Gasteiger partial charge >= 0.3 is 6.18 Å². The van der Waals surface area contributed by atoms with Gasteiger partial charge in [-0.15, -0.1) is 0 Å². The molecule has 178 valence electrons. The van der Waals surface area contributed by atoms with E-state index in [1.54, 1.807) is 12.4 Å². The van der Waals surface area contributed by atoms with Crippen LogP contribution >= 0.6 is 0 Å². The molecule has 1 fully saturated rings. The predicted molar refractivity (Wildman–Crippen MR) is 123 cm³/mol. The Hall–Kier alpha value is -3.47. The molecule has 34 heavy (non-hydrogen) atoms. The second-order valence-electron chi connectivity index (χ2n) is 8.60. The highest BCUT2D eigenvalue weighted by Crippen LogP contribution is 2.31. The van der Waals surface area contributed by atoms with Gasteiger partial charge in [-0.05, 0) is 44.5 Å². The highest BCUT2D eigenvalue weighted by Gasteiger charge is 2.36. The number of aromatic amines is 1. The number of ether oxygens (including phenoxy) is 1. The lowest BCUT2D eigenvalue weighted by molar-refractivity contribution is -0.138. The van der Waals surface area contributed by atoms with Crippen LogP contribution in [0.25, 0.3) is 33.2 Å². The summed E-state index contributed by atoms with van der Waals surface area (Å²) < 4.78 is 44.6. The quantitative estimate of drug-likeness (QED) is 0.446. The zero-order valence-corrected chi connectivity index (χ0v) is 18.7. The Morgan fingerprint density at radius 1 is 1.12 bits per heavy atom. The predicted octanol–water partition coefficient (Wildman–Crippen LogP) is 4.40. The SMILES string of the molecule is C[C@H](Nc1ncc2c(-c3ccc4ncc(OC5CCN(C)CC5)nc4c3)c[nH]c2n1)C(F)(F)F. The van der Waals surface area contributed by atoms with Crippen molar-refractivity contribution in [3.63, 3.8) is 0 Å². The van der Waals surface area contributed by atoms with Gasteiger partial charge in [0, 0.05) is 36.4 Å². The lowest BCUT2D eigenvalue weighted by Gasteiger charge is -2.28. The van der Waals surface area contributed by atoms with E-state index < -0.39 is 12.2 Å². The number of hydrogen-bond acceptors (Lipinski definition) is 7. The third kappa shape index (κ3) is 4.60. The monoisotopic (exact) mass is 471 g/mol. The molecular weight excluding hydrogens is 447 g/mol. The van der Waals surface area contributed by atoms with Crippen molar-refractivity contribution in [1.82, 2.24) is 29.8 Å². The number of aromatic nitrogens is 5. The smallest absolute Gasteiger partial charge is 0.408 e. The summed E-state index contributed by atoms with van der Waals surface area (Å²) in [6, 6.07) is 3.93. The molecule has 4 heterocycles. The number of likely N-dealkylation sites (tertiary alicyclic amines) is 1. The summed E-state index contributed by atoms with van der Waals surface area (Å²) in [5.74, 6) is 0.404. The van der Waals surface area contributed by atoms with Gasteiger partial charge in [0.2, 0.25) is 11.8 Å². The summed E-state index contributed by atoms with van der Waals surface area (Å²) in [6.45, 7) is 3.00. The first-order valence-electron chi connectivity index (χ1n) is 11.1. The maximum Gasteiger partial charge on any atom is 0.408 e. The molecule has 0 bridgehead atoms. The van der Waals surface area contributed by atoms with Crippen LogP contribution in [0.2, 0.25) is 0 Å². The number of hydrogen-bond donors (Lipinski definition) is 2. The Kier molecular flexibility index (Phi) is 5.72. The van der Waals surface area contributed by atoms with Crippen molar-refractivity contribution in [2.45, 2.75) is 38.1 Å². The van der Waals surface area contributed by atoms with Gasteiger partial charge in [-0.1, -0.05) is 6.07 Å². The number of anilines is 1. The van der Waals surface area contributed by atoms with Crippen LogP contribution in [0.3, 0.4) is 0 Å². The van der Waals surface area contributed by atoms with E-state index in [4.69, 9.17) is 4.74 Å². The molecule has 2 N–H and O–H groups in total. The van der Waals surface area contributed by atoms with Gasteiger partial charge in [-0.3, -0.25) is 0 Å². The molecule has 3 aromatic heterocycles. The first-order valence-corrected chi connectivity index (χ1v) is 11.1. The summed E-state index contributed by atoms with van der Waals surface area (Å²) in [7, 11) is 2.10. The Morgan fingerprint density at radius 3 is 2.68 bits per heavy atom. The molecule has 0 radical (unpaired) electrons. The highest BCUT2D eigenvalue weighted by atomic mass is 19.4. The van der Waals surface area contributed by atoms with Crippen molar-refractivity contribution in [2.75, 3.05) is 25.5 Å². The standard InChI is InChI=1S/C23H24F3N7O/c1-13(23(24,25)26)30-22-29-11-17-16(10-28-21(17)32-22)14-3-4-18-19(9-14)31-20(12-27-18)34-15-5-7-33(2)8-6-15/h3-4,9-13,15H,5-8H2,1-2H3,(H2,28,29,30,32)/t13-/m0/s1. The van der Waals surface area contributed by atoms with Crippen molar-refractivity contribution in [3.8, 4) is 17.0 Å². The molecule has 1 saturated heterocycles. The fourth-order valence-electron chi connectivity index (χ4n) is 3.98. The third-order valence-corrected chi connectivity index (χ3v) is 6.05. The molecule has 8 nitrogen and oxygen atoms in total. The second kappa shape index (κ2) is 8.71. The van der Waals surface area contributed by atoms with Crippen LogP contribution in [0.5, 0.6) is 5.88 Å². The van der Waals surface area contributed by atoms with Crippen LogP contribution < -0.4 is 10.1 Å². The first kappa shape index (κ1) is 22.3. The van der Waals surface area contributed by atoms with E-state index in [1.165, 1.54) is 6.20 Å². The van der Waals surface area contributed by atoms with Gasteiger partial charge in [-0.2, -0.15) is 18.2 Å². The van der Waals surface area contributed by atoms with E-state index >= 15 is 0 Å². The average molecular weight is 471 g/mol. The number of H-pyrrole nitrogens is 1. The third-order valence-electron chi connectivity index (χ3n) is 6.05. The number of benzene rings is 1. The summed E-state index contributed by atoms with van der Waals surface area (Å²) in [5, 5.41) is 2.98. The van der Waals surface area contributed by atoms with E-state index in [0.29, 0.717) is 22.4 Å². The number of nitrogens with one attached hydrogen (secondary N) is 2. The zero-order valence-electron chi connectivity index (χ0n) is 18.7. The Bertz CT molecular complexity index is 1320. The number of alkyl halides is 3. The topological polar surface area (TPSA) is 91.9 Å². The normalized spacial score (nSPS) is 16.7. The van der Waals surface area contributed by atoms with Crippen molar-refractivity contribution in [2.24, 2.45) is 0 Å². The molecule has 1 aliphatic rings. The summed E-state index contributed by atoms with van der Waals surface area (Å²) >= 11 is 0. The largest absolute Gasteiger partial charge is 0.473 e. The highest BCUT2D eigenvalue weighted by molar-refractivity contribution is 5.95. The molecule has 1 aromatic carbocycles. The molecule has 1 atom stereocenters. The van der Waals surface area contributed by atoms with Crippen molar-refractivity contribution in [1.29, 1.82) is 0 Å². The van der Waals surface area contributed by atoms with Crippen LogP contribution in [-0.4, -0.2) is 68.3 Å². The fourth-order valence-corrected chi connectivity index (χ4v) is 3.98. The zero-order chi connectivity index (χ0) is 23.9. The van der Waals surface area contributed by atoms with Crippen LogP contribution in [0.1, 0.15) is 19.8 Å². The van der Waals surface area contributed by atoms with Gasteiger partial charge in [-0.25, -0.2) is 15.0 Å². The molecule has 0 unspecified atom stereocenters. The summed E-state index contributed by atoms with van der Waals surface area (Å²) in [4.78, 5) is 22.7. The Morgan fingerprint density at radius 2 is 1.91 bits per heavy atom. The average Bonchev–Trinajstić information content (AvgIpc) is 3.23. The Balaban J connectivity index is 1.40. The summed E-state index contributed by atoms with van der Waals surface area (Å²) in [6.07, 6.45) is 2.55. The van der Waals surface area contributed by atoms with E-state index in [-0.39, 0.29) is 12.1 Å². The van der Waals surface area contributed by atoms with Crippen molar-refractivity contribution < 1.29 is 17.9 Å². The number of nitrogens with zero attached hydrogens (tertiary/aromatic N) is 5. The van der Waals surface area contributed by atoms with Gasteiger partial charge in [0.25, 0.3) is 0 Å². The first-order chi connectivity index (χ1) is 16.3. The lowest BCUT2D eigenvalue weighted by Crippen LogP contribution is -2.35. The molecule has 0 amide bonds. The minimum absolute atomic E-state index is 0.0919. The minimum atomic E-state index is -4.39. The molecule has 11 heteroatoms. The van der Waals surface area contributed by atoms with Crippen molar-refractivity contribution in [3.05, 3.63) is 36.8 Å². The fraction of sp³-hybridized carbons (Fsp3) is 0.391. The van der Waals surface area contributed by atoms with Crippen molar-refractivity contribution >= 4 is 28.0 Å². The van der Waals surface area contributed by atoms with Crippen LogP contribution in [0.15, 0.2) is 36.8 Å². The van der Waals surface area contributed by atoms with E-state index in [9.17, 15) is 13.2 Å². The van der Waals surface area contributed by atoms with Crippen LogP contribution in [0.4, 0.5) is 19.1 Å². The van der Waals surface area contributed by atoms with Gasteiger partial charge in [0.1, 0.15) is 17.8 Å². The molecular formula is C23H24F3N7O. The lowest BCUT2D eigenvalue weighted by atomic mass is 10.1. The Labute approximate surface area is 193 Å². The van der Waals surface area contributed by atoms with Gasteiger partial charge < -0.3 is 19.9 Å². The second-order valence-corrected chi connectivity index (χ2v) is 8.60. The van der Waals surface area contributed by atoms with E-state index in [0.717, 1.165) is 49.5 Å². The number of halogens is 3. The molecule has 1 aliphatic heterocycles. The maximum atomic E-state index is 12.8. The molecule has 5 rings (SSSR count). The molecule has 0 aliphatic carbocycles. The molecule has 4 aromatic rings. The van der Waals surface area contributed by atoms with Gasteiger partial charge in [0.15, 0.2) is 0 Å². The van der Waals surface area contributed by atoms with E-state index in [2.05, 4.69) is 42.2 Å². The van der Waals surface area contributed by atoms with E-state index in [1.807, 2.05) is 18.2 Å². The summed E-state index contributed by atoms with van der Waals surface area (Å²) in [5.41, 5.74) is 3.54.